The Kier molecular flexibility index (Phi) is 5.69. The highest BCUT2D eigenvalue weighted by Crippen LogP contribution is 2.33. The van der Waals surface area contributed by atoms with E-state index in [-0.39, 0.29) is 12.1 Å². The van der Waals surface area contributed by atoms with E-state index in [2.05, 4.69) is 5.32 Å². The topological polar surface area (TPSA) is 144 Å². The van der Waals surface area contributed by atoms with Gasteiger partial charge in [0, 0.05) is 17.6 Å². The Balaban J connectivity index is 1.68. The minimum absolute atomic E-state index is 0.278. The second-order valence-corrected chi connectivity index (χ2v) is 7.63. The molecule has 0 unspecified atom stereocenters. The van der Waals surface area contributed by atoms with E-state index in [1.165, 1.54) is 6.92 Å². The number of nitrogens with two attached hydrogens (primary N) is 2. The molecule has 1 aliphatic heterocycles. The van der Waals surface area contributed by atoms with Crippen LogP contribution in [0.3, 0.4) is 0 Å². The second kappa shape index (κ2) is 7.84. The van der Waals surface area contributed by atoms with Gasteiger partial charge in [-0.2, -0.15) is 0 Å². The van der Waals surface area contributed by atoms with Gasteiger partial charge in [-0.1, -0.05) is 0 Å². The maximum absolute atomic E-state index is 11.5. The van der Waals surface area contributed by atoms with Gasteiger partial charge in [-0.05, 0) is 69.2 Å². The molecule has 1 aromatic rings. The lowest BCUT2D eigenvalue weighted by atomic mass is 9.90. The number of nitrogens with one attached hydrogen (secondary N) is 2. The molecule has 1 aromatic carbocycles. The molecule has 1 fully saturated rings. The van der Waals surface area contributed by atoms with Gasteiger partial charge in [0.15, 0.2) is 0 Å². The fourth-order valence-electron chi connectivity index (χ4n) is 3.75. The highest BCUT2D eigenvalue weighted by molar-refractivity contribution is 5.96. The normalized spacial score (nSPS) is 27.0. The predicted octanol–water partition coefficient (Wildman–Crippen LogP) is 1.30. The van der Waals surface area contributed by atoms with Gasteiger partial charge in [-0.25, -0.2) is 10.7 Å². The monoisotopic (exact) mass is 376 g/mol. The maximum atomic E-state index is 11.5. The summed E-state index contributed by atoms with van der Waals surface area (Å²) in [6.07, 6.45) is 4.34. The fourth-order valence-corrected chi connectivity index (χ4v) is 3.75. The number of hydrogen-bond acceptors (Lipinski definition) is 6. The van der Waals surface area contributed by atoms with Crippen LogP contribution in [-0.4, -0.2) is 40.7 Å². The fraction of sp³-hybridized carbons (Fsp3) is 0.579. The zero-order valence-corrected chi connectivity index (χ0v) is 15.5. The smallest absolute Gasteiger partial charge is 0.341 e. The Morgan fingerprint density at radius 2 is 2.04 bits per heavy atom. The first-order valence-electron chi connectivity index (χ1n) is 9.35. The molecule has 0 spiro atoms. The lowest BCUT2D eigenvalue weighted by molar-refractivity contribution is -0.179. The number of rotatable bonds is 5. The van der Waals surface area contributed by atoms with E-state index in [0.29, 0.717) is 24.4 Å². The Bertz CT molecular complexity index is 718. The highest BCUT2D eigenvalue weighted by Gasteiger charge is 2.46. The van der Waals surface area contributed by atoms with Crippen molar-refractivity contribution in [1.82, 2.24) is 5.32 Å². The molecule has 2 aliphatic rings. The van der Waals surface area contributed by atoms with Gasteiger partial charge in [-0.3, -0.25) is 10.2 Å². The van der Waals surface area contributed by atoms with Crippen LogP contribution in [-0.2, 0) is 16.1 Å². The number of benzene rings is 1. The van der Waals surface area contributed by atoms with Gasteiger partial charge in [-0.15, -0.1) is 0 Å². The van der Waals surface area contributed by atoms with Crippen molar-refractivity contribution in [2.24, 2.45) is 11.6 Å². The first kappa shape index (κ1) is 19.6. The molecule has 148 valence electrons. The van der Waals surface area contributed by atoms with E-state index in [1.807, 2.05) is 12.1 Å². The molecule has 1 saturated carbocycles. The zero-order valence-electron chi connectivity index (χ0n) is 15.5. The van der Waals surface area contributed by atoms with Gasteiger partial charge in [0.05, 0.1) is 0 Å². The van der Waals surface area contributed by atoms with Crippen molar-refractivity contribution in [3.63, 3.8) is 0 Å². The van der Waals surface area contributed by atoms with E-state index in [9.17, 15) is 9.90 Å². The van der Waals surface area contributed by atoms with Crippen molar-refractivity contribution in [3.8, 4) is 5.75 Å². The summed E-state index contributed by atoms with van der Waals surface area (Å²) in [5, 5.41) is 21.0. The number of carboxylic acids is 1. The molecule has 27 heavy (non-hydrogen) atoms. The third kappa shape index (κ3) is 4.07. The number of amidine groups is 1. The Labute approximate surface area is 158 Å². The van der Waals surface area contributed by atoms with Crippen LogP contribution in [0.5, 0.6) is 5.75 Å². The maximum Gasteiger partial charge on any atom is 0.341 e. The first-order chi connectivity index (χ1) is 12.8. The number of carboxylic acid groups (broad SMARTS) is 1. The lowest BCUT2D eigenvalue weighted by Crippen LogP contribution is -2.54. The molecular weight excluding hydrogens is 348 g/mol. The van der Waals surface area contributed by atoms with Crippen molar-refractivity contribution in [3.05, 3.63) is 29.3 Å². The Hall–Kier alpha value is -2.16. The summed E-state index contributed by atoms with van der Waals surface area (Å²) >= 11 is 0. The summed E-state index contributed by atoms with van der Waals surface area (Å²) in [7, 11) is 0. The number of carbonyl (C=O) groups is 1. The van der Waals surface area contributed by atoms with Crippen LogP contribution < -0.4 is 21.7 Å². The molecule has 0 bridgehead atoms. The molecule has 0 saturated heterocycles. The molecule has 2 atom stereocenters. The summed E-state index contributed by atoms with van der Waals surface area (Å²) in [4.78, 5) is 16.2. The van der Waals surface area contributed by atoms with Crippen LogP contribution in [0.15, 0.2) is 18.2 Å². The van der Waals surface area contributed by atoms with E-state index in [4.69, 9.17) is 26.6 Å². The average Bonchev–Trinajstić information content (AvgIpc) is 2.68. The Morgan fingerprint density at radius 1 is 1.33 bits per heavy atom. The van der Waals surface area contributed by atoms with Crippen molar-refractivity contribution in [2.75, 3.05) is 0 Å². The van der Waals surface area contributed by atoms with Crippen LogP contribution in [0.1, 0.15) is 50.2 Å². The number of aryl methyl sites for hydroxylation is 1. The average molecular weight is 376 g/mol. The minimum Gasteiger partial charge on any atom is -0.486 e. The van der Waals surface area contributed by atoms with Gasteiger partial charge in [0.1, 0.15) is 17.7 Å². The van der Waals surface area contributed by atoms with E-state index in [0.717, 1.165) is 36.8 Å². The van der Waals surface area contributed by atoms with Gasteiger partial charge in [0.25, 0.3) is 0 Å². The van der Waals surface area contributed by atoms with Gasteiger partial charge >= 0.3 is 5.97 Å². The highest BCUT2D eigenvalue weighted by atomic mass is 16.7. The van der Waals surface area contributed by atoms with Crippen molar-refractivity contribution in [1.29, 1.82) is 5.41 Å². The molecule has 0 radical (unpaired) electrons. The Morgan fingerprint density at radius 3 is 2.67 bits per heavy atom. The number of ether oxygens (including phenoxy) is 1. The standard InChI is InChI=1S/C19H28N4O4/c1-19(27-22,18(24)25)16-9-3-11-10-12(2-8-15(11)26-16)17(21)23-14-6-4-13(20)5-7-14/h2,8,10,13-14,16H,3-7,9,20,22H2,1H3,(H2,21,23)(H,24,25)/t13-,14-,16-,19+/m1/s1. The summed E-state index contributed by atoms with van der Waals surface area (Å²) in [6.45, 7) is 1.41. The molecule has 8 nitrogen and oxygen atoms in total. The van der Waals surface area contributed by atoms with Crippen LogP contribution in [0, 0.1) is 5.41 Å². The molecule has 7 N–H and O–H groups in total. The quantitative estimate of drug-likeness (QED) is 0.296. The van der Waals surface area contributed by atoms with Crippen molar-refractivity contribution < 1.29 is 19.5 Å². The van der Waals surface area contributed by atoms with E-state index >= 15 is 0 Å². The van der Waals surface area contributed by atoms with Crippen molar-refractivity contribution in [2.45, 2.75) is 69.2 Å². The van der Waals surface area contributed by atoms with Crippen LogP contribution >= 0.6 is 0 Å². The summed E-state index contributed by atoms with van der Waals surface area (Å²) in [6, 6.07) is 6.08. The number of fused-ring (bicyclic) bond motifs is 1. The van der Waals surface area contributed by atoms with E-state index in [1.54, 1.807) is 6.07 Å². The first-order valence-corrected chi connectivity index (χ1v) is 9.35. The molecule has 0 aromatic heterocycles. The lowest BCUT2D eigenvalue weighted by Gasteiger charge is -2.35. The molecule has 8 heteroatoms. The predicted molar refractivity (Wildman–Crippen MR) is 101 cm³/mol. The third-order valence-corrected chi connectivity index (χ3v) is 5.70. The van der Waals surface area contributed by atoms with Gasteiger partial charge < -0.3 is 20.9 Å². The van der Waals surface area contributed by atoms with E-state index < -0.39 is 17.7 Å². The summed E-state index contributed by atoms with van der Waals surface area (Å²) < 4.78 is 5.86. The van der Waals surface area contributed by atoms with Crippen LogP contribution in [0.2, 0.25) is 0 Å². The molecule has 3 rings (SSSR count). The molecule has 0 amide bonds. The second-order valence-electron chi connectivity index (χ2n) is 7.63. The zero-order chi connectivity index (χ0) is 19.6. The minimum atomic E-state index is -1.60. The molecule has 1 heterocycles. The van der Waals surface area contributed by atoms with Crippen LogP contribution in [0.4, 0.5) is 0 Å². The number of hydrogen-bond donors (Lipinski definition) is 5. The molecular formula is C19H28N4O4. The third-order valence-electron chi connectivity index (χ3n) is 5.70. The van der Waals surface area contributed by atoms with Crippen LogP contribution in [0.25, 0.3) is 0 Å². The molecule has 1 aliphatic carbocycles. The summed E-state index contributed by atoms with van der Waals surface area (Å²) in [5.74, 6) is 5.05. The number of aliphatic carboxylic acids is 1. The SMILES string of the molecule is C[C@@](ON)(C(=O)O)[C@H]1CCc2cc(C(=N)N[C@H]3CC[C@H](N)CC3)ccc2O1. The van der Waals surface area contributed by atoms with Gasteiger partial charge in [0.2, 0.25) is 5.60 Å². The largest absolute Gasteiger partial charge is 0.486 e. The summed E-state index contributed by atoms with van der Waals surface area (Å²) in [5.41, 5.74) is 6.08. The van der Waals surface area contributed by atoms with Crippen molar-refractivity contribution >= 4 is 11.8 Å².